The van der Waals surface area contributed by atoms with Gasteiger partial charge < -0.3 is 0 Å². The lowest BCUT2D eigenvalue weighted by molar-refractivity contribution is 0.565. The van der Waals surface area contributed by atoms with Crippen molar-refractivity contribution in [1.29, 1.82) is 0 Å². The van der Waals surface area contributed by atoms with Crippen LogP contribution < -0.4 is 4.72 Å². The number of hydrogen-bond donors (Lipinski definition) is 1. The highest BCUT2D eigenvalue weighted by Gasteiger charge is 2.19. The average molecular weight is 366 g/mol. The van der Waals surface area contributed by atoms with Crippen molar-refractivity contribution >= 4 is 21.6 Å². The van der Waals surface area contributed by atoms with Crippen LogP contribution >= 0.6 is 11.6 Å². The number of halogens is 1. The Kier molecular flexibility index (Phi) is 5.74. The number of nitrogens with one attached hydrogen (secondary N) is 1. The van der Waals surface area contributed by atoms with E-state index in [0.29, 0.717) is 10.6 Å². The van der Waals surface area contributed by atoms with Crippen LogP contribution in [-0.2, 0) is 21.2 Å². The molecule has 24 heavy (non-hydrogen) atoms. The van der Waals surface area contributed by atoms with E-state index in [4.69, 9.17) is 11.6 Å². The Labute approximate surface area is 150 Å². The first-order valence-electron chi connectivity index (χ1n) is 7.92. The fourth-order valence-electron chi connectivity index (χ4n) is 2.47. The van der Waals surface area contributed by atoms with E-state index in [1.807, 2.05) is 31.2 Å². The maximum Gasteiger partial charge on any atom is 0.216 e. The Balaban J connectivity index is 2.10. The second-order valence-corrected chi connectivity index (χ2v) is 9.22. The Morgan fingerprint density at radius 2 is 1.62 bits per heavy atom. The summed E-state index contributed by atoms with van der Waals surface area (Å²) in [4.78, 5) is 0. The molecular formula is C19H24ClNO2S. The topological polar surface area (TPSA) is 46.2 Å². The molecule has 0 saturated carbocycles. The van der Waals surface area contributed by atoms with Gasteiger partial charge in [-0.15, -0.1) is 0 Å². The minimum atomic E-state index is -3.48. The molecule has 0 saturated heterocycles. The van der Waals surface area contributed by atoms with Gasteiger partial charge >= 0.3 is 0 Å². The summed E-state index contributed by atoms with van der Waals surface area (Å²) in [7, 11) is -3.48. The third-order valence-electron chi connectivity index (χ3n) is 3.94. The lowest BCUT2D eigenvalue weighted by atomic mass is 9.86. The van der Waals surface area contributed by atoms with Crippen molar-refractivity contribution in [3.63, 3.8) is 0 Å². The molecule has 0 unspecified atom stereocenters. The van der Waals surface area contributed by atoms with Crippen LogP contribution in [0.1, 0.15) is 50.4 Å². The first-order chi connectivity index (χ1) is 11.1. The van der Waals surface area contributed by atoms with Crippen molar-refractivity contribution < 1.29 is 8.42 Å². The Hall–Kier alpha value is -1.36. The first kappa shape index (κ1) is 19.0. The molecule has 0 aliphatic heterocycles. The van der Waals surface area contributed by atoms with Crippen molar-refractivity contribution in [3.8, 4) is 0 Å². The lowest BCUT2D eigenvalue weighted by Crippen LogP contribution is -2.28. The van der Waals surface area contributed by atoms with Crippen LogP contribution in [-0.4, -0.2) is 8.42 Å². The van der Waals surface area contributed by atoms with Crippen molar-refractivity contribution in [2.45, 2.75) is 44.9 Å². The third-order valence-corrected chi connectivity index (χ3v) is 5.71. The second kappa shape index (κ2) is 7.26. The number of hydrogen-bond acceptors (Lipinski definition) is 2. The Morgan fingerprint density at radius 1 is 1.04 bits per heavy atom. The van der Waals surface area contributed by atoms with Gasteiger partial charge in [0.15, 0.2) is 0 Å². The van der Waals surface area contributed by atoms with Gasteiger partial charge in [-0.3, -0.25) is 0 Å². The fraction of sp³-hybridized carbons (Fsp3) is 0.368. The Morgan fingerprint density at radius 3 is 2.17 bits per heavy atom. The summed E-state index contributed by atoms with van der Waals surface area (Å²) in [6.45, 7) is 8.30. The van der Waals surface area contributed by atoms with Crippen molar-refractivity contribution in [3.05, 3.63) is 70.2 Å². The van der Waals surface area contributed by atoms with Gasteiger partial charge in [-0.05, 0) is 35.1 Å². The van der Waals surface area contributed by atoms with E-state index in [1.165, 1.54) is 5.56 Å². The molecule has 2 rings (SSSR count). The molecule has 1 N–H and O–H groups in total. The predicted octanol–water partition coefficient (Wildman–Crippen LogP) is 4.82. The summed E-state index contributed by atoms with van der Waals surface area (Å²) in [5.74, 6) is -0.128. The monoisotopic (exact) mass is 365 g/mol. The standard InChI is InChI=1S/C19H24ClNO2S/c1-14(15-9-11-17(12-10-15)19(2,3)4)21-24(22,23)13-16-7-5-6-8-18(16)20/h5-12,14,21H,13H2,1-4H3/t14-/m0/s1. The second-order valence-electron chi connectivity index (χ2n) is 7.06. The van der Waals surface area contributed by atoms with Gasteiger partial charge in [-0.2, -0.15) is 0 Å². The van der Waals surface area contributed by atoms with Gasteiger partial charge in [0.25, 0.3) is 0 Å². The van der Waals surface area contributed by atoms with Gasteiger partial charge in [-0.1, -0.05) is 74.8 Å². The summed E-state index contributed by atoms with van der Waals surface area (Å²) in [5, 5.41) is 0.463. The van der Waals surface area contributed by atoms with E-state index < -0.39 is 10.0 Å². The maximum absolute atomic E-state index is 12.4. The van der Waals surface area contributed by atoms with Gasteiger partial charge in [-0.25, -0.2) is 13.1 Å². The van der Waals surface area contributed by atoms with E-state index in [1.54, 1.807) is 24.3 Å². The fourth-order valence-corrected chi connectivity index (χ4v) is 4.17. The molecule has 0 fully saturated rings. The van der Waals surface area contributed by atoms with Gasteiger partial charge in [0.05, 0.1) is 5.75 Å². The highest BCUT2D eigenvalue weighted by molar-refractivity contribution is 7.88. The summed E-state index contributed by atoms with van der Waals surface area (Å²) in [6.07, 6.45) is 0. The van der Waals surface area contributed by atoms with E-state index >= 15 is 0 Å². The third kappa shape index (κ3) is 5.07. The molecule has 2 aromatic carbocycles. The lowest BCUT2D eigenvalue weighted by Gasteiger charge is -2.20. The summed E-state index contributed by atoms with van der Waals surface area (Å²) in [5.41, 5.74) is 2.83. The highest BCUT2D eigenvalue weighted by atomic mass is 35.5. The van der Waals surface area contributed by atoms with Crippen LogP contribution in [0, 0.1) is 0 Å². The molecule has 3 nitrogen and oxygen atoms in total. The minimum absolute atomic E-state index is 0.0747. The van der Waals surface area contributed by atoms with E-state index in [9.17, 15) is 8.42 Å². The van der Waals surface area contributed by atoms with Crippen molar-refractivity contribution in [2.24, 2.45) is 0 Å². The zero-order valence-corrected chi connectivity index (χ0v) is 16.1. The van der Waals surface area contributed by atoms with Crippen LogP contribution in [0.25, 0.3) is 0 Å². The molecular weight excluding hydrogens is 342 g/mol. The number of benzene rings is 2. The van der Waals surface area contributed by atoms with Crippen LogP contribution in [0.3, 0.4) is 0 Å². The largest absolute Gasteiger partial charge is 0.216 e. The van der Waals surface area contributed by atoms with E-state index in [-0.39, 0.29) is 17.2 Å². The van der Waals surface area contributed by atoms with Crippen LogP contribution in [0.2, 0.25) is 5.02 Å². The summed E-state index contributed by atoms with van der Waals surface area (Å²) < 4.78 is 27.5. The number of sulfonamides is 1. The number of rotatable bonds is 5. The van der Waals surface area contributed by atoms with Crippen LogP contribution in [0.15, 0.2) is 48.5 Å². The average Bonchev–Trinajstić information content (AvgIpc) is 2.48. The zero-order chi connectivity index (χ0) is 18.0. The SMILES string of the molecule is C[C@H](NS(=O)(=O)Cc1ccccc1Cl)c1ccc(C(C)(C)C)cc1. The highest BCUT2D eigenvalue weighted by Crippen LogP contribution is 2.24. The molecule has 0 aromatic heterocycles. The predicted molar refractivity (Wildman–Crippen MR) is 101 cm³/mol. The molecule has 5 heteroatoms. The quantitative estimate of drug-likeness (QED) is 0.825. The minimum Gasteiger partial charge on any atom is -0.212 e. The van der Waals surface area contributed by atoms with Gasteiger partial charge in [0, 0.05) is 11.1 Å². The summed E-state index contributed by atoms with van der Waals surface area (Å²) >= 11 is 6.05. The molecule has 2 aromatic rings. The molecule has 1 atom stereocenters. The van der Waals surface area contributed by atoms with Gasteiger partial charge in [0.1, 0.15) is 0 Å². The van der Waals surface area contributed by atoms with Crippen molar-refractivity contribution in [2.75, 3.05) is 0 Å². The smallest absolute Gasteiger partial charge is 0.212 e. The molecule has 0 aliphatic rings. The van der Waals surface area contributed by atoms with E-state index in [0.717, 1.165) is 5.56 Å². The summed E-state index contributed by atoms with van der Waals surface area (Å²) in [6, 6.07) is 14.7. The van der Waals surface area contributed by atoms with Crippen LogP contribution in [0.5, 0.6) is 0 Å². The molecule has 0 aliphatic carbocycles. The first-order valence-corrected chi connectivity index (χ1v) is 9.95. The molecule has 0 heterocycles. The Bertz CT molecular complexity index is 793. The van der Waals surface area contributed by atoms with Gasteiger partial charge in [0.2, 0.25) is 10.0 Å². The molecule has 0 spiro atoms. The molecule has 0 amide bonds. The van der Waals surface area contributed by atoms with Crippen LogP contribution in [0.4, 0.5) is 0 Å². The van der Waals surface area contributed by atoms with E-state index in [2.05, 4.69) is 25.5 Å². The van der Waals surface area contributed by atoms with Crippen molar-refractivity contribution in [1.82, 2.24) is 4.72 Å². The molecule has 0 bridgehead atoms. The zero-order valence-electron chi connectivity index (χ0n) is 14.5. The maximum atomic E-state index is 12.4. The normalized spacial score (nSPS) is 13.7. The molecule has 0 radical (unpaired) electrons. The molecule has 130 valence electrons.